The molecule has 0 amide bonds. The molecule has 0 aliphatic heterocycles. The maximum atomic E-state index is 3.55. The first kappa shape index (κ1) is 9.67. The molecule has 3 heteroatoms. The molecule has 0 bridgehead atoms. The van der Waals surface area contributed by atoms with Gasteiger partial charge in [-0.25, -0.2) is 0 Å². The monoisotopic (exact) mass is 325 g/mol. The van der Waals surface area contributed by atoms with Gasteiger partial charge in [-0.1, -0.05) is 0 Å². The van der Waals surface area contributed by atoms with Crippen LogP contribution >= 0.6 is 31.9 Å². The highest BCUT2D eigenvalue weighted by atomic mass is 79.9. The van der Waals surface area contributed by atoms with Gasteiger partial charge in [0.1, 0.15) is 0 Å². The van der Waals surface area contributed by atoms with Crippen LogP contribution in [0.1, 0.15) is 22.3 Å². The Morgan fingerprint density at radius 3 is 1.73 bits per heavy atom. The number of nitrogens with one attached hydrogen (secondary N) is 1. The van der Waals surface area contributed by atoms with E-state index in [-0.39, 0.29) is 0 Å². The molecule has 2 aromatic rings. The number of rotatable bonds is 0. The van der Waals surface area contributed by atoms with Crippen molar-refractivity contribution in [1.29, 1.82) is 0 Å². The topological polar surface area (TPSA) is 15.8 Å². The number of hydrogen-bond acceptors (Lipinski definition) is 0. The molecule has 0 unspecified atom stereocenters. The van der Waals surface area contributed by atoms with Crippen molar-refractivity contribution in [3.05, 3.63) is 55.7 Å². The fourth-order valence-corrected chi connectivity index (χ4v) is 2.91. The average Bonchev–Trinajstić information content (AvgIpc) is 2.63. The first-order chi connectivity index (χ1) is 7.24. The van der Waals surface area contributed by atoms with E-state index >= 15 is 0 Å². The molecule has 1 heterocycles. The lowest BCUT2D eigenvalue weighted by Gasteiger charge is -2.17. The maximum Gasteiger partial charge on any atom is 0.0320 e. The molecule has 15 heavy (non-hydrogen) atoms. The van der Waals surface area contributed by atoms with Gasteiger partial charge >= 0.3 is 0 Å². The Morgan fingerprint density at radius 1 is 0.800 bits per heavy atom. The number of benzene rings is 1. The summed E-state index contributed by atoms with van der Waals surface area (Å²) in [6, 6.07) is 4.44. The molecule has 0 saturated heterocycles. The number of aromatic nitrogens is 1. The maximum absolute atomic E-state index is 3.55. The van der Waals surface area contributed by atoms with E-state index in [2.05, 4.69) is 61.4 Å². The zero-order valence-electron chi connectivity index (χ0n) is 7.98. The molecule has 1 aliphatic rings. The smallest absolute Gasteiger partial charge is 0.0320 e. The molecule has 0 radical (unpaired) electrons. The van der Waals surface area contributed by atoms with Crippen molar-refractivity contribution in [3.63, 3.8) is 0 Å². The molecule has 0 fully saturated rings. The van der Waals surface area contributed by atoms with Crippen molar-refractivity contribution < 1.29 is 0 Å². The Bertz CT molecular complexity index is 483. The van der Waals surface area contributed by atoms with Crippen LogP contribution in [0.5, 0.6) is 0 Å². The van der Waals surface area contributed by atoms with Gasteiger partial charge in [-0.2, -0.15) is 0 Å². The van der Waals surface area contributed by atoms with Crippen LogP contribution in [0.15, 0.2) is 33.5 Å². The van der Waals surface area contributed by atoms with Crippen LogP contribution in [-0.4, -0.2) is 4.98 Å². The summed E-state index contributed by atoms with van der Waals surface area (Å²) < 4.78 is 2.28. The van der Waals surface area contributed by atoms with E-state index < -0.39 is 0 Å². The Hall–Kier alpha value is -0.540. The molecule has 0 saturated carbocycles. The summed E-state index contributed by atoms with van der Waals surface area (Å²) >= 11 is 7.10. The Labute approximate surface area is 105 Å². The zero-order chi connectivity index (χ0) is 10.4. The largest absolute Gasteiger partial charge is 0.367 e. The Kier molecular flexibility index (Phi) is 2.25. The fraction of sp³-hybridized carbons (Fsp3) is 0.167. The van der Waals surface area contributed by atoms with Gasteiger partial charge in [0, 0.05) is 21.3 Å². The standard InChI is InChI=1S/C12H9Br2N/c13-11-3-7-1-9-5-15-6-10(9)2-8(7)4-12(11)14/h3-6,15H,1-2H2. The molecular formula is C12H9Br2N. The summed E-state index contributed by atoms with van der Waals surface area (Å²) in [6.45, 7) is 0. The van der Waals surface area contributed by atoms with E-state index in [9.17, 15) is 0 Å². The van der Waals surface area contributed by atoms with Crippen LogP contribution < -0.4 is 0 Å². The lowest BCUT2D eigenvalue weighted by Crippen LogP contribution is -2.05. The van der Waals surface area contributed by atoms with Gasteiger partial charge in [0.05, 0.1) is 0 Å². The second kappa shape index (κ2) is 3.49. The van der Waals surface area contributed by atoms with E-state index in [0.29, 0.717) is 0 Å². The van der Waals surface area contributed by atoms with E-state index in [4.69, 9.17) is 0 Å². The van der Waals surface area contributed by atoms with Crippen LogP contribution in [0.3, 0.4) is 0 Å². The number of H-pyrrole nitrogens is 1. The average molecular weight is 327 g/mol. The Morgan fingerprint density at radius 2 is 1.27 bits per heavy atom. The third-order valence-electron chi connectivity index (χ3n) is 2.93. The highest BCUT2D eigenvalue weighted by Crippen LogP contribution is 2.33. The summed E-state index contributed by atoms with van der Waals surface area (Å²) in [4.78, 5) is 3.18. The quantitative estimate of drug-likeness (QED) is 0.642. The van der Waals surface area contributed by atoms with Gasteiger partial charge in [-0.3, -0.25) is 0 Å². The van der Waals surface area contributed by atoms with E-state index in [1.807, 2.05) is 0 Å². The van der Waals surface area contributed by atoms with Crippen molar-refractivity contribution in [1.82, 2.24) is 4.98 Å². The van der Waals surface area contributed by atoms with Crippen LogP contribution in [0.25, 0.3) is 0 Å². The van der Waals surface area contributed by atoms with E-state index in [1.54, 1.807) is 0 Å². The zero-order valence-corrected chi connectivity index (χ0v) is 11.2. The van der Waals surface area contributed by atoms with Crippen molar-refractivity contribution in [2.45, 2.75) is 12.8 Å². The van der Waals surface area contributed by atoms with Gasteiger partial charge in [-0.15, -0.1) is 0 Å². The number of aromatic amines is 1. The molecule has 1 aliphatic carbocycles. The van der Waals surface area contributed by atoms with Gasteiger partial charge in [0.15, 0.2) is 0 Å². The summed E-state index contributed by atoms with van der Waals surface area (Å²) in [5.41, 5.74) is 5.71. The Balaban J connectivity index is 2.13. The number of halogens is 2. The van der Waals surface area contributed by atoms with E-state index in [0.717, 1.165) is 21.8 Å². The van der Waals surface area contributed by atoms with E-state index in [1.165, 1.54) is 22.3 Å². The molecular weight excluding hydrogens is 318 g/mol. The minimum absolute atomic E-state index is 1.04. The van der Waals surface area contributed by atoms with Crippen molar-refractivity contribution in [2.24, 2.45) is 0 Å². The normalized spacial score (nSPS) is 13.5. The summed E-state index contributed by atoms with van der Waals surface area (Å²) in [5, 5.41) is 0. The van der Waals surface area contributed by atoms with Gasteiger partial charge in [0.25, 0.3) is 0 Å². The molecule has 3 rings (SSSR count). The van der Waals surface area contributed by atoms with Crippen molar-refractivity contribution in [2.75, 3.05) is 0 Å². The van der Waals surface area contributed by atoms with Crippen molar-refractivity contribution in [3.8, 4) is 0 Å². The predicted molar refractivity (Wildman–Crippen MR) is 68.2 cm³/mol. The van der Waals surface area contributed by atoms with Gasteiger partial charge in [-0.05, 0) is 79.1 Å². The molecule has 1 N–H and O–H groups in total. The second-order valence-corrected chi connectivity index (χ2v) is 5.60. The van der Waals surface area contributed by atoms with Crippen LogP contribution in [0.4, 0.5) is 0 Å². The van der Waals surface area contributed by atoms with Gasteiger partial charge in [0.2, 0.25) is 0 Å². The summed E-state index contributed by atoms with van der Waals surface area (Å²) in [6.07, 6.45) is 6.29. The lowest BCUT2D eigenvalue weighted by molar-refractivity contribution is 1.01. The van der Waals surface area contributed by atoms with Crippen LogP contribution in [0.2, 0.25) is 0 Å². The lowest BCUT2D eigenvalue weighted by atomic mass is 9.89. The molecule has 0 spiro atoms. The van der Waals surface area contributed by atoms with Gasteiger partial charge < -0.3 is 4.98 Å². The minimum Gasteiger partial charge on any atom is -0.367 e. The number of hydrogen-bond donors (Lipinski definition) is 1. The van der Waals surface area contributed by atoms with Crippen LogP contribution in [0, 0.1) is 0 Å². The first-order valence-corrected chi connectivity index (χ1v) is 6.44. The molecule has 1 aromatic heterocycles. The van der Waals surface area contributed by atoms with Crippen LogP contribution in [-0.2, 0) is 12.8 Å². The summed E-state index contributed by atoms with van der Waals surface area (Å²) in [5.74, 6) is 0. The van der Waals surface area contributed by atoms with Crippen molar-refractivity contribution >= 4 is 31.9 Å². The number of fused-ring (bicyclic) bond motifs is 2. The highest BCUT2D eigenvalue weighted by Gasteiger charge is 2.16. The SMILES string of the molecule is Brc1cc2c(cc1Br)Cc1c[nH]cc1C2. The predicted octanol–water partition coefficient (Wildman–Crippen LogP) is 4.03. The third-order valence-corrected chi connectivity index (χ3v) is 4.78. The molecule has 76 valence electrons. The minimum atomic E-state index is 1.04. The molecule has 0 atom stereocenters. The summed E-state index contributed by atoms with van der Waals surface area (Å²) in [7, 11) is 0. The molecule has 1 nitrogen and oxygen atoms in total. The fourth-order valence-electron chi connectivity index (χ4n) is 2.13. The molecule has 1 aromatic carbocycles. The first-order valence-electron chi connectivity index (χ1n) is 4.85. The third kappa shape index (κ3) is 1.58. The second-order valence-electron chi connectivity index (χ2n) is 3.89. The highest BCUT2D eigenvalue weighted by molar-refractivity contribution is 9.13.